The van der Waals surface area contributed by atoms with E-state index < -0.39 is 29.6 Å². The van der Waals surface area contributed by atoms with Crippen molar-refractivity contribution in [1.29, 1.82) is 0 Å². The lowest BCUT2D eigenvalue weighted by molar-refractivity contribution is -0.210. The lowest BCUT2D eigenvalue weighted by Gasteiger charge is -2.20. The molecule has 2 aromatic rings. The Morgan fingerprint density at radius 1 is 1.21 bits per heavy atom. The first kappa shape index (κ1) is 17.7. The number of halogens is 4. The van der Waals surface area contributed by atoms with Gasteiger partial charge in [0.25, 0.3) is 0 Å². The second kappa shape index (κ2) is 6.10. The van der Waals surface area contributed by atoms with Gasteiger partial charge in [-0.3, -0.25) is 10.3 Å². The topological polar surface area (TPSA) is 69.0 Å². The molecule has 2 aromatic heterocycles. The van der Waals surface area contributed by atoms with Crippen LogP contribution in [0.2, 0.25) is 0 Å². The van der Waals surface area contributed by atoms with Crippen molar-refractivity contribution in [1.82, 2.24) is 14.8 Å². The molecule has 6 nitrogen and oxygen atoms in total. The molecule has 0 fully saturated rings. The summed E-state index contributed by atoms with van der Waals surface area (Å²) in [5.41, 5.74) is -1.06. The van der Waals surface area contributed by atoms with Crippen LogP contribution in [0, 0.1) is 5.82 Å². The number of hydrogen-bond donors (Lipinski definition) is 1. The number of pyridine rings is 1. The molecule has 24 heavy (non-hydrogen) atoms. The molecule has 0 spiro atoms. The number of rotatable bonds is 2. The zero-order valence-corrected chi connectivity index (χ0v) is 13.0. The van der Waals surface area contributed by atoms with Crippen LogP contribution in [0.15, 0.2) is 24.5 Å². The molecule has 0 aliphatic heterocycles. The molecule has 2 rings (SSSR count). The number of ether oxygens (including phenoxy) is 1. The number of aromatic nitrogens is 3. The summed E-state index contributed by atoms with van der Waals surface area (Å²) < 4.78 is 56.9. The van der Waals surface area contributed by atoms with Gasteiger partial charge in [0.15, 0.2) is 0 Å². The third-order valence-corrected chi connectivity index (χ3v) is 2.58. The smallest absolute Gasteiger partial charge is 0.444 e. The molecule has 130 valence electrons. The monoisotopic (exact) mass is 346 g/mol. The molecule has 0 unspecified atom stereocenters. The molecule has 2 heterocycles. The lowest BCUT2D eigenvalue weighted by atomic mass is 10.2. The predicted octanol–water partition coefficient (Wildman–Crippen LogP) is 3.91. The maximum Gasteiger partial charge on any atom is 0.506 e. The molecule has 0 bridgehead atoms. The summed E-state index contributed by atoms with van der Waals surface area (Å²) in [5, 5.41) is 5.34. The highest BCUT2D eigenvalue weighted by Gasteiger charge is 2.36. The van der Waals surface area contributed by atoms with Crippen molar-refractivity contribution in [3.63, 3.8) is 0 Å². The van der Waals surface area contributed by atoms with Crippen LogP contribution in [0.3, 0.4) is 0 Å². The number of alkyl halides is 3. The second-order valence-corrected chi connectivity index (χ2v) is 5.81. The summed E-state index contributed by atoms with van der Waals surface area (Å²) >= 11 is 0. The van der Waals surface area contributed by atoms with Gasteiger partial charge in [0, 0.05) is 17.8 Å². The van der Waals surface area contributed by atoms with Crippen LogP contribution < -0.4 is 5.32 Å². The summed E-state index contributed by atoms with van der Waals surface area (Å²) in [6, 6.07) is 1.93. The molecule has 0 saturated carbocycles. The highest BCUT2D eigenvalue weighted by molar-refractivity contribution is 5.84. The van der Waals surface area contributed by atoms with Crippen molar-refractivity contribution >= 4 is 11.9 Å². The van der Waals surface area contributed by atoms with Crippen LogP contribution in [0.1, 0.15) is 20.8 Å². The van der Waals surface area contributed by atoms with Gasteiger partial charge in [-0.1, -0.05) is 0 Å². The fourth-order valence-corrected chi connectivity index (χ4v) is 1.76. The van der Waals surface area contributed by atoms with E-state index in [1.54, 1.807) is 20.8 Å². The normalized spacial score (nSPS) is 12.1. The summed E-state index contributed by atoms with van der Waals surface area (Å²) in [4.78, 5) is 15.2. The van der Waals surface area contributed by atoms with Crippen molar-refractivity contribution in [2.75, 3.05) is 5.32 Å². The Balaban J connectivity index is 2.38. The first-order valence-corrected chi connectivity index (χ1v) is 6.74. The summed E-state index contributed by atoms with van der Waals surface area (Å²) in [6.07, 6.45) is -3.89. The van der Waals surface area contributed by atoms with Gasteiger partial charge >= 0.3 is 12.4 Å². The van der Waals surface area contributed by atoms with Crippen LogP contribution in [0.4, 0.5) is 28.2 Å². The average molecular weight is 346 g/mol. The number of carbonyl (C=O) groups excluding carboxylic acids is 1. The van der Waals surface area contributed by atoms with Crippen molar-refractivity contribution < 1.29 is 27.1 Å². The van der Waals surface area contributed by atoms with Gasteiger partial charge in [-0.25, -0.2) is 9.18 Å². The van der Waals surface area contributed by atoms with Gasteiger partial charge in [-0.05, 0) is 26.8 Å². The number of nitrogens with zero attached hydrogens (tertiary/aromatic N) is 3. The van der Waals surface area contributed by atoms with Gasteiger partial charge in [0.05, 0.1) is 11.9 Å². The molecule has 1 amide bonds. The highest BCUT2D eigenvalue weighted by Crippen LogP contribution is 2.30. The van der Waals surface area contributed by atoms with Crippen LogP contribution in [0.25, 0.3) is 11.3 Å². The Hall–Kier alpha value is -2.65. The van der Waals surface area contributed by atoms with Gasteiger partial charge < -0.3 is 4.74 Å². The average Bonchev–Trinajstić information content (AvgIpc) is 2.80. The first-order valence-electron chi connectivity index (χ1n) is 6.74. The van der Waals surface area contributed by atoms with E-state index in [4.69, 9.17) is 4.74 Å². The minimum absolute atomic E-state index is 0.0326. The van der Waals surface area contributed by atoms with Crippen LogP contribution in [-0.2, 0) is 11.0 Å². The second-order valence-electron chi connectivity index (χ2n) is 5.81. The Morgan fingerprint density at radius 3 is 2.42 bits per heavy atom. The van der Waals surface area contributed by atoms with Crippen molar-refractivity contribution in [3.8, 4) is 11.3 Å². The molecule has 0 radical (unpaired) electrons. The third-order valence-electron chi connectivity index (χ3n) is 2.58. The molecule has 0 saturated heterocycles. The van der Waals surface area contributed by atoms with E-state index in [1.165, 1.54) is 0 Å². The van der Waals surface area contributed by atoms with E-state index in [9.17, 15) is 22.4 Å². The van der Waals surface area contributed by atoms with E-state index >= 15 is 0 Å². The number of hydrogen-bond acceptors (Lipinski definition) is 4. The van der Waals surface area contributed by atoms with Crippen molar-refractivity contribution in [3.05, 3.63) is 30.3 Å². The van der Waals surface area contributed by atoms with Gasteiger partial charge in [-0.15, -0.1) is 13.2 Å². The van der Waals surface area contributed by atoms with Gasteiger partial charge in [0.2, 0.25) is 0 Å². The summed E-state index contributed by atoms with van der Waals surface area (Å²) in [6.45, 7) is 4.70. The molecule has 0 aromatic carbocycles. The van der Waals surface area contributed by atoms with E-state index in [0.717, 1.165) is 24.5 Å². The lowest BCUT2D eigenvalue weighted by Crippen LogP contribution is -2.29. The number of amides is 1. The molecule has 1 N–H and O–H groups in total. The third kappa shape index (κ3) is 4.43. The Labute approximate surface area is 134 Å². The maximum absolute atomic E-state index is 13.2. The Morgan fingerprint density at radius 2 is 1.88 bits per heavy atom. The molecule has 0 atom stereocenters. The molecular formula is C14H14F4N4O2. The molecular weight excluding hydrogens is 332 g/mol. The van der Waals surface area contributed by atoms with Crippen molar-refractivity contribution in [2.45, 2.75) is 32.7 Å². The molecule has 0 aliphatic rings. The first-order chi connectivity index (χ1) is 11.0. The summed E-state index contributed by atoms with van der Waals surface area (Å²) in [7, 11) is 0. The fourth-order valence-electron chi connectivity index (χ4n) is 1.76. The highest BCUT2D eigenvalue weighted by atomic mass is 19.4. The minimum Gasteiger partial charge on any atom is -0.444 e. The van der Waals surface area contributed by atoms with Crippen LogP contribution in [-0.4, -0.2) is 26.5 Å². The fraction of sp³-hybridized carbons (Fsp3) is 0.357. The van der Waals surface area contributed by atoms with E-state index in [-0.39, 0.29) is 15.9 Å². The summed E-state index contributed by atoms with van der Waals surface area (Å²) in [5.74, 6) is -1.38. The molecule has 10 heteroatoms. The number of nitrogens with one attached hydrogen (secondary N) is 1. The van der Waals surface area contributed by atoms with Crippen LogP contribution in [0.5, 0.6) is 0 Å². The largest absolute Gasteiger partial charge is 0.506 e. The van der Waals surface area contributed by atoms with Gasteiger partial charge in [0.1, 0.15) is 17.2 Å². The van der Waals surface area contributed by atoms with E-state index in [2.05, 4.69) is 10.1 Å². The standard InChI is InChI=1S/C14H14F4N4O2/c1-13(2,3)24-12(23)20-11-5-10(21-22(11)14(16,17)18)8-4-9(15)7-19-6-8/h4-7H,1-3H3,(H,20,23). The van der Waals surface area contributed by atoms with Crippen molar-refractivity contribution in [2.24, 2.45) is 0 Å². The van der Waals surface area contributed by atoms with E-state index in [1.807, 2.05) is 5.32 Å². The number of carbonyl (C=O) groups is 1. The quantitative estimate of drug-likeness (QED) is 0.837. The Kier molecular flexibility index (Phi) is 4.50. The van der Waals surface area contributed by atoms with Crippen LogP contribution >= 0.6 is 0 Å². The SMILES string of the molecule is CC(C)(C)OC(=O)Nc1cc(-c2cncc(F)c2)nn1C(F)(F)F. The van der Waals surface area contributed by atoms with Gasteiger partial charge in [-0.2, -0.15) is 9.78 Å². The van der Waals surface area contributed by atoms with E-state index in [0.29, 0.717) is 0 Å². The maximum atomic E-state index is 13.2. The molecule has 0 aliphatic carbocycles. The zero-order chi connectivity index (χ0) is 18.1. The minimum atomic E-state index is -4.89. The Bertz CT molecular complexity index is 750. The number of anilines is 1. The zero-order valence-electron chi connectivity index (χ0n) is 13.0. The predicted molar refractivity (Wildman–Crippen MR) is 76.6 cm³/mol.